The van der Waals surface area contributed by atoms with Gasteiger partial charge in [-0.3, -0.25) is 0 Å². The molecule has 19 heavy (non-hydrogen) atoms. The van der Waals surface area contributed by atoms with Crippen LogP contribution in [0.1, 0.15) is 25.3 Å². The Morgan fingerprint density at radius 3 is 2.84 bits per heavy atom. The lowest BCUT2D eigenvalue weighted by Crippen LogP contribution is -2.22. The highest BCUT2D eigenvalue weighted by Crippen LogP contribution is 2.26. The van der Waals surface area contributed by atoms with E-state index in [2.05, 4.69) is 22.0 Å². The van der Waals surface area contributed by atoms with Gasteiger partial charge in [0.05, 0.1) is 6.61 Å². The van der Waals surface area contributed by atoms with Crippen molar-refractivity contribution in [3.63, 3.8) is 0 Å². The molecule has 3 nitrogen and oxygen atoms in total. The molecule has 0 saturated carbocycles. The SMILES string of the molecule is CC(N)Cc1cc(Br)ccc1OCC1CCOCC1. The molecule has 2 N–H and O–H groups in total. The first kappa shape index (κ1) is 14.8. The summed E-state index contributed by atoms with van der Waals surface area (Å²) in [5, 5.41) is 0. The van der Waals surface area contributed by atoms with Crippen molar-refractivity contribution in [1.29, 1.82) is 0 Å². The predicted octanol–water partition coefficient (Wildman–Crippen LogP) is 3.14. The van der Waals surface area contributed by atoms with Gasteiger partial charge >= 0.3 is 0 Å². The van der Waals surface area contributed by atoms with Crippen LogP contribution in [0.3, 0.4) is 0 Å². The van der Waals surface area contributed by atoms with Crippen molar-refractivity contribution in [2.75, 3.05) is 19.8 Å². The molecule has 1 aromatic carbocycles. The molecule has 0 spiro atoms. The summed E-state index contributed by atoms with van der Waals surface area (Å²) in [5.74, 6) is 1.58. The lowest BCUT2D eigenvalue weighted by molar-refractivity contribution is 0.0496. The summed E-state index contributed by atoms with van der Waals surface area (Å²) in [7, 11) is 0. The van der Waals surface area contributed by atoms with Gasteiger partial charge in [0.15, 0.2) is 0 Å². The Balaban J connectivity index is 1.97. The first-order chi connectivity index (χ1) is 9.15. The van der Waals surface area contributed by atoms with Gasteiger partial charge in [0.2, 0.25) is 0 Å². The largest absolute Gasteiger partial charge is 0.493 e. The standard InChI is InChI=1S/C15H22BrNO2/c1-11(17)8-13-9-14(16)2-3-15(13)19-10-12-4-6-18-7-5-12/h2-3,9,11-12H,4-8,10,17H2,1H3. The van der Waals surface area contributed by atoms with Crippen LogP contribution in [0.25, 0.3) is 0 Å². The number of benzene rings is 1. The summed E-state index contributed by atoms with van der Waals surface area (Å²) in [6, 6.07) is 6.29. The maximum Gasteiger partial charge on any atom is 0.122 e. The van der Waals surface area contributed by atoms with Gasteiger partial charge in [-0.2, -0.15) is 0 Å². The predicted molar refractivity (Wildman–Crippen MR) is 80.5 cm³/mol. The normalized spacial score (nSPS) is 18.3. The molecule has 1 fully saturated rings. The highest BCUT2D eigenvalue weighted by molar-refractivity contribution is 9.10. The molecule has 0 radical (unpaired) electrons. The number of hydrogen-bond acceptors (Lipinski definition) is 3. The lowest BCUT2D eigenvalue weighted by atomic mass is 10.0. The van der Waals surface area contributed by atoms with Crippen LogP contribution in [0, 0.1) is 5.92 Å². The first-order valence-electron chi connectivity index (χ1n) is 6.89. The third kappa shape index (κ3) is 4.79. The number of ether oxygens (including phenoxy) is 2. The quantitative estimate of drug-likeness (QED) is 0.903. The van der Waals surface area contributed by atoms with Crippen LogP contribution in [0.5, 0.6) is 5.75 Å². The van der Waals surface area contributed by atoms with Crippen LogP contribution in [0.4, 0.5) is 0 Å². The van der Waals surface area contributed by atoms with E-state index in [1.54, 1.807) is 0 Å². The Labute approximate surface area is 123 Å². The number of rotatable bonds is 5. The molecule has 1 aromatic rings. The molecule has 1 aliphatic heterocycles. The Morgan fingerprint density at radius 1 is 1.42 bits per heavy atom. The van der Waals surface area contributed by atoms with Gasteiger partial charge in [-0.15, -0.1) is 0 Å². The van der Waals surface area contributed by atoms with Crippen LogP contribution in [0.15, 0.2) is 22.7 Å². The monoisotopic (exact) mass is 327 g/mol. The van der Waals surface area contributed by atoms with Crippen molar-refractivity contribution in [2.24, 2.45) is 11.7 Å². The van der Waals surface area contributed by atoms with Gasteiger partial charge in [0.1, 0.15) is 5.75 Å². The van der Waals surface area contributed by atoms with E-state index in [0.29, 0.717) is 5.92 Å². The summed E-state index contributed by atoms with van der Waals surface area (Å²) in [4.78, 5) is 0. The van der Waals surface area contributed by atoms with E-state index in [0.717, 1.165) is 49.3 Å². The average molecular weight is 328 g/mol. The van der Waals surface area contributed by atoms with Crippen LogP contribution < -0.4 is 10.5 Å². The molecule has 0 aromatic heterocycles. The van der Waals surface area contributed by atoms with E-state index in [1.165, 1.54) is 5.56 Å². The van der Waals surface area contributed by atoms with E-state index in [9.17, 15) is 0 Å². The van der Waals surface area contributed by atoms with Crippen LogP contribution in [-0.4, -0.2) is 25.9 Å². The minimum absolute atomic E-state index is 0.139. The van der Waals surface area contributed by atoms with Crippen molar-refractivity contribution in [3.05, 3.63) is 28.2 Å². The molecule has 1 saturated heterocycles. The summed E-state index contributed by atoms with van der Waals surface area (Å²) in [6.07, 6.45) is 3.03. The highest BCUT2D eigenvalue weighted by Gasteiger charge is 2.15. The molecule has 1 heterocycles. The smallest absolute Gasteiger partial charge is 0.122 e. The van der Waals surface area contributed by atoms with Gasteiger partial charge in [-0.25, -0.2) is 0 Å². The van der Waals surface area contributed by atoms with Gasteiger partial charge in [0, 0.05) is 23.7 Å². The minimum atomic E-state index is 0.139. The number of hydrogen-bond donors (Lipinski definition) is 1. The molecule has 4 heteroatoms. The van der Waals surface area contributed by atoms with Gasteiger partial charge < -0.3 is 15.2 Å². The van der Waals surface area contributed by atoms with Crippen molar-refractivity contribution >= 4 is 15.9 Å². The maximum atomic E-state index is 6.00. The Bertz CT molecular complexity index is 403. The molecule has 0 amide bonds. The molecule has 1 atom stereocenters. The van der Waals surface area contributed by atoms with Crippen LogP contribution in [0.2, 0.25) is 0 Å². The van der Waals surface area contributed by atoms with Crippen molar-refractivity contribution in [3.8, 4) is 5.75 Å². The fraction of sp³-hybridized carbons (Fsp3) is 0.600. The second kappa shape index (κ2) is 7.27. The summed E-state index contributed by atoms with van der Waals surface area (Å²) >= 11 is 3.50. The molecular weight excluding hydrogens is 306 g/mol. The zero-order valence-electron chi connectivity index (χ0n) is 11.4. The lowest BCUT2D eigenvalue weighted by Gasteiger charge is -2.23. The zero-order valence-corrected chi connectivity index (χ0v) is 13.0. The average Bonchev–Trinajstić information content (AvgIpc) is 2.38. The van der Waals surface area contributed by atoms with Crippen LogP contribution in [-0.2, 0) is 11.2 Å². The fourth-order valence-corrected chi connectivity index (χ4v) is 2.72. The van der Waals surface area contributed by atoms with E-state index in [-0.39, 0.29) is 6.04 Å². The molecule has 1 aliphatic rings. The zero-order chi connectivity index (χ0) is 13.7. The number of nitrogens with two attached hydrogens (primary N) is 1. The highest BCUT2D eigenvalue weighted by atomic mass is 79.9. The van der Waals surface area contributed by atoms with Gasteiger partial charge in [-0.05, 0) is 55.9 Å². The minimum Gasteiger partial charge on any atom is -0.493 e. The van der Waals surface area contributed by atoms with E-state index >= 15 is 0 Å². The maximum absolute atomic E-state index is 6.00. The van der Waals surface area contributed by atoms with Crippen molar-refractivity contribution < 1.29 is 9.47 Å². The summed E-state index contributed by atoms with van der Waals surface area (Å²) < 4.78 is 12.4. The molecular formula is C15H22BrNO2. The molecule has 1 unspecified atom stereocenters. The van der Waals surface area contributed by atoms with Gasteiger partial charge in [-0.1, -0.05) is 15.9 Å². The van der Waals surface area contributed by atoms with Crippen molar-refractivity contribution in [2.45, 2.75) is 32.2 Å². The Kier molecular flexibility index (Phi) is 5.67. The molecule has 2 rings (SSSR count). The topological polar surface area (TPSA) is 44.5 Å². The Morgan fingerprint density at radius 2 is 2.16 bits per heavy atom. The third-order valence-electron chi connectivity index (χ3n) is 3.38. The summed E-state index contributed by atoms with van der Waals surface area (Å²) in [5.41, 5.74) is 7.07. The first-order valence-corrected chi connectivity index (χ1v) is 7.69. The molecule has 106 valence electrons. The second-order valence-electron chi connectivity index (χ2n) is 5.30. The van der Waals surface area contributed by atoms with E-state index < -0.39 is 0 Å². The second-order valence-corrected chi connectivity index (χ2v) is 6.22. The third-order valence-corrected chi connectivity index (χ3v) is 3.87. The van der Waals surface area contributed by atoms with Crippen molar-refractivity contribution in [1.82, 2.24) is 0 Å². The van der Waals surface area contributed by atoms with Gasteiger partial charge in [0.25, 0.3) is 0 Å². The Hall–Kier alpha value is -0.580. The van der Waals surface area contributed by atoms with E-state index in [4.69, 9.17) is 15.2 Å². The van der Waals surface area contributed by atoms with E-state index in [1.807, 2.05) is 19.1 Å². The molecule has 0 bridgehead atoms. The fourth-order valence-electron chi connectivity index (χ4n) is 2.32. The molecule has 0 aliphatic carbocycles. The van der Waals surface area contributed by atoms with Crippen LogP contribution >= 0.6 is 15.9 Å². The summed E-state index contributed by atoms with van der Waals surface area (Å²) in [6.45, 7) is 4.52. The number of halogens is 1.